The Morgan fingerprint density at radius 1 is 1.00 bits per heavy atom. The average molecular weight is 460 g/mol. The van der Waals surface area contributed by atoms with Crippen molar-refractivity contribution in [1.82, 2.24) is 14.5 Å². The fourth-order valence-corrected chi connectivity index (χ4v) is 5.30. The molecule has 3 aromatic rings. The Bertz CT molecular complexity index is 1190. The minimum absolute atomic E-state index is 0.151. The van der Waals surface area contributed by atoms with Crippen LogP contribution in [0, 0.1) is 0 Å². The number of ether oxygens (including phenoxy) is 3. The van der Waals surface area contributed by atoms with Gasteiger partial charge in [0.15, 0.2) is 11.5 Å². The molecule has 0 amide bonds. The van der Waals surface area contributed by atoms with Crippen LogP contribution in [0.2, 0.25) is 0 Å². The average Bonchev–Trinajstić information content (AvgIpc) is 3.34. The monoisotopic (exact) mass is 459 g/mol. The SMILES string of the molecule is COc1cccc(-c2nnc(C3CCCN(S(=O)(=O)c4ccc(OC)c(OC)c4)C3)o2)c1. The van der Waals surface area contributed by atoms with E-state index < -0.39 is 10.0 Å². The number of hydrogen-bond donors (Lipinski definition) is 0. The number of rotatable bonds is 7. The molecule has 1 atom stereocenters. The molecule has 2 heterocycles. The molecule has 1 aliphatic rings. The van der Waals surface area contributed by atoms with Crippen molar-refractivity contribution in [3.05, 3.63) is 48.4 Å². The molecule has 170 valence electrons. The van der Waals surface area contributed by atoms with Crippen molar-refractivity contribution in [2.24, 2.45) is 0 Å². The number of nitrogens with zero attached hydrogens (tertiary/aromatic N) is 3. The summed E-state index contributed by atoms with van der Waals surface area (Å²) in [5.41, 5.74) is 0.744. The van der Waals surface area contributed by atoms with E-state index in [0.717, 1.165) is 12.0 Å². The minimum atomic E-state index is -3.72. The zero-order valence-corrected chi connectivity index (χ0v) is 19.0. The second-order valence-corrected chi connectivity index (χ2v) is 9.33. The lowest BCUT2D eigenvalue weighted by Gasteiger charge is -2.30. The molecule has 9 nitrogen and oxygen atoms in total. The summed E-state index contributed by atoms with van der Waals surface area (Å²) in [7, 11) is 0.846. The van der Waals surface area contributed by atoms with Crippen molar-refractivity contribution in [1.29, 1.82) is 0 Å². The number of benzene rings is 2. The Hall–Kier alpha value is -3.11. The lowest BCUT2D eigenvalue weighted by Crippen LogP contribution is -2.39. The highest BCUT2D eigenvalue weighted by Gasteiger charge is 2.33. The summed E-state index contributed by atoms with van der Waals surface area (Å²) in [6, 6.07) is 11.9. The molecule has 0 aliphatic carbocycles. The van der Waals surface area contributed by atoms with Gasteiger partial charge in [-0.3, -0.25) is 0 Å². The van der Waals surface area contributed by atoms with E-state index in [0.29, 0.717) is 42.0 Å². The van der Waals surface area contributed by atoms with E-state index in [1.807, 2.05) is 24.3 Å². The first-order chi connectivity index (χ1) is 15.5. The van der Waals surface area contributed by atoms with Crippen molar-refractivity contribution >= 4 is 10.0 Å². The Balaban J connectivity index is 1.55. The number of methoxy groups -OCH3 is 3. The second kappa shape index (κ2) is 9.17. The fourth-order valence-electron chi connectivity index (χ4n) is 3.76. The van der Waals surface area contributed by atoms with Crippen LogP contribution in [0.5, 0.6) is 17.2 Å². The van der Waals surface area contributed by atoms with Crippen molar-refractivity contribution < 1.29 is 27.0 Å². The molecule has 2 aromatic carbocycles. The van der Waals surface area contributed by atoms with Gasteiger partial charge in [0, 0.05) is 24.7 Å². The minimum Gasteiger partial charge on any atom is -0.497 e. The molecular formula is C22H25N3O6S. The third kappa shape index (κ3) is 4.28. The fraction of sp³-hybridized carbons (Fsp3) is 0.364. The van der Waals surface area contributed by atoms with Crippen molar-refractivity contribution in [2.75, 3.05) is 34.4 Å². The highest BCUT2D eigenvalue weighted by atomic mass is 32.2. The third-order valence-corrected chi connectivity index (χ3v) is 7.34. The highest BCUT2D eigenvalue weighted by Crippen LogP contribution is 2.34. The molecule has 0 saturated carbocycles. The summed E-state index contributed by atoms with van der Waals surface area (Å²) < 4.78 is 49.6. The van der Waals surface area contributed by atoms with E-state index in [2.05, 4.69) is 10.2 Å². The topological polar surface area (TPSA) is 104 Å². The molecule has 0 N–H and O–H groups in total. The van der Waals surface area contributed by atoms with Crippen LogP contribution in [-0.4, -0.2) is 57.3 Å². The Labute approximate surface area is 187 Å². The number of sulfonamides is 1. The summed E-state index contributed by atoms with van der Waals surface area (Å²) in [6.07, 6.45) is 1.45. The van der Waals surface area contributed by atoms with Gasteiger partial charge in [-0.2, -0.15) is 4.31 Å². The molecule has 1 aliphatic heterocycles. The van der Waals surface area contributed by atoms with Gasteiger partial charge in [0.1, 0.15) is 5.75 Å². The molecular weight excluding hydrogens is 434 g/mol. The van der Waals surface area contributed by atoms with E-state index in [1.165, 1.54) is 30.7 Å². The normalized spacial score (nSPS) is 17.2. The summed E-state index contributed by atoms with van der Waals surface area (Å²) >= 11 is 0. The van der Waals surface area contributed by atoms with E-state index in [-0.39, 0.29) is 17.4 Å². The second-order valence-electron chi connectivity index (χ2n) is 7.40. The number of aromatic nitrogens is 2. The number of piperidine rings is 1. The van der Waals surface area contributed by atoms with Gasteiger partial charge in [0.25, 0.3) is 0 Å². The van der Waals surface area contributed by atoms with E-state index >= 15 is 0 Å². The number of hydrogen-bond acceptors (Lipinski definition) is 8. The van der Waals surface area contributed by atoms with Gasteiger partial charge >= 0.3 is 0 Å². The molecule has 0 radical (unpaired) electrons. The van der Waals surface area contributed by atoms with Crippen LogP contribution in [0.4, 0.5) is 0 Å². The van der Waals surface area contributed by atoms with Crippen molar-refractivity contribution in [3.63, 3.8) is 0 Å². The lowest BCUT2D eigenvalue weighted by atomic mass is 10.00. The lowest BCUT2D eigenvalue weighted by molar-refractivity contribution is 0.286. The summed E-state index contributed by atoms with van der Waals surface area (Å²) in [6.45, 7) is 0.681. The maximum Gasteiger partial charge on any atom is 0.247 e. The van der Waals surface area contributed by atoms with Gasteiger partial charge in [-0.25, -0.2) is 8.42 Å². The van der Waals surface area contributed by atoms with Gasteiger partial charge in [-0.1, -0.05) is 6.07 Å². The zero-order valence-electron chi connectivity index (χ0n) is 18.1. The van der Waals surface area contributed by atoms with Crippen LogP contribution in [0.25, 0.3) is 11.5 Å². The Morgan fingerprint density at radius 3 is 2.56 bits per heavy atom. The summed E-state index contributed by atoms with van der Waals surface area (Å²) in [4.78, 5) is 0.151. The van der Waals surface area contributed by atoms with Crippen LogP contribution in [0.3, 0.4) is 0 Å². The van der Waals surface area contributed by atoms with Crippen LogP contribution >= 0.6 is 0 Å². The first-order valence-electron chi connectivity index (χ1n) is 10.2. The quantitative estimate of drug-likeness (QED) is 0.530. The van der Waals surface area contributed by atoms with Crippen LogP contribution < -0.4 is 14.2 Å². The molecule has 0 bridgehead atoms. The standard InChI is InChI=1S/C22H25N3O6S/c1-28-17-8-4-6-15(12-17)21-23-24-22(31-21)16-7-5-11-25(14-16)32(26,27)18-9-10-19(29-2)20(13-18)30-3/h4,6,8-10,12-13,16H,5,7,11,14H2,1-3H3. The molecule has 32 heavy (non-hydrogen) atoms. The molecule has 10 heteroatoms. The highest BCUT2D eigenvalue weighted by molar-refractivity contribution is 7.89. The summed E-state index contributed by atoms with van der Waals surface area (Å²) in [5, 5.41) is 8.35. The Morgan fingerprint density at radius 2 is 1.81 bits per heavy atom. The zero-order chi connectivity index (χ0) is 22.7. The predicted octanol–water partition coefficient (Wildman–Crippen LogP) is 3.33. The van der Waals surface area contributed by atoms with Crippen LogP contribution in [0.15, 0.2) is 51.8 Å². The van der Waals surface area contributed by atoms with Crippen LogP contribution in [-0.2, 0) is 10.0 Å². The first kappa shape index (κ1) is 22.1. The maximum absolute atomic E-state index is 13.3. The molecule has 1 unspecified atom stereocenters. The van der Waals surface area contributed by atoms with E-state index in [1.54, 1.807) is 13.2 Å². The molecule has 4 rings (SSSR count). The van der Waals surface area contributed by atoms with Gasteiger partial charge in [0.2, 0.25) is 21.8 Å². The molecule has 1 aromatic heterocycles. The molecule has 1 fully saturated rings. The molecule has 1 saturated heterocycles. The first-order valence-corrected chi connectivity index (χ1v) is 11.6. The van der Waals surface area contributed by atoms with Crippen molar-refractivity contribution in [2.45, 2.75) is 23.7 Å². The van der Waals surface area contributed by atoms with Gasteiger partial charge in [-0.05, 0) is 43.2 Å². The molecule has 0 spiro atoms. The van der Waals surface area contributed by atoms with Crippen molar-refractivity contribution in [3.8, 4) is 28.7 Å². The maximum atomic E-state index is 13.3. The van der Waals surface area contributed by atoms with Gasteiger partial charge in [0.05, 0.1) is 32.1 Å². The Kier molecular flexibility index (Phi) is 6.33. The largest absolute Gasteiger partial charge is 0.497 e. The van der Waals surface area contributed by atoms with Gasteiger partial charge < -0.3 is 18.6 Å². The third-order valence-electron chi connectivity index (χ3n) is 5.48. The van der Waals surface area contributed by atoms with Crippen LogP contribution in [0.1, 0.15) is 24.7 Å². The summed E-state index contributed by atoms with van der Waals surface area (Å²) in [5.74, 6) is 2.13. The smallest absolute Gasteiger partial charge is 0.247 e. The van der Waals surface area contributed by atoms with Gasteiger partial charge in [-0.15, -0.1) is 10.2 Å². The predicted molar refractivity (Wildman–Crippen MR) is 117 cm³/mol. The van der Waals surface area contributed by atoms with E-state index in [4.69, 9.17) is 18.6 Å². The van der Waals surface area contributed by atoms with E-state index in [9.17, 15) is 8.42 Å².